The second-order valence-corrected chi connectivity index (χ2v) is 9.94. The molecule has 0 bridgehead atoms. The summed E-state index contributed by atoms with van der Waals surface area (Å²) >= 11 is 18.3. The van der Waals surface area contributed by atoms with Crippen LogP contribution in [0.2, 0.25) is 15.1 Å². The lowest BCUT2D eigenvalue weighted by atomic mass is 9.92. The van der Waals surface area contributed by atoms with Gasteiger partial charge in [0.1, 0.15) is 5.82 Å². The Kier molecular flexibility index (Phi) is 7.28. The molecule has 0 amide bonds. The average Bonchev–Trinajstić information content (AvgIpc) is 2.71. The van der Waals surface area contributed by atoms with Gasteiger partial charge < -0.3 is 0 Å². The van der Waals surface area contributed by atoms with Gasteiger partial charge in [0.05, 0.1) is 9.80 Å². The van der Waals surface area contributed by atoms with Crippen LogP contribution in [0.25, 0.3) is 5.57 Å². The van der Waals surface area contributed by atoms with Crippen molar-refractivity contribution in [2.45, 2.75) is 18.2 Å². The van der Waals surface area contributed by atoms with Crippen molar-refractivity contribution in [2.24, 2.45) is 0 Å². The third-order valence-electron chi connectivity index (χ3n) is 4.70. The van der Waals surface area contributed by atoms with Crippen LogP contribution in [0.1, 0.15) is 23.6 Å². The zero-order valence-electron chi connectivity index (χ0n) is 16.5. The van der Waals surface area contributed by atoms with Crippen LogP contribution in [0.4, 0.5) is 4.39 Å². The Morgan fingerprint density at radius 3 is 2.23 bits per heavy atom. The van der Waals surface area contributed by atoms with Crippen LogP contribution < -0.4 is 0 Å². The highest BCUT2D eigenvalue weighted by molar-refractivity contribution is 7.95. The smallest absolute Gasteiger partial charge is 0.207 e. The van der Waals surface area contributed by atoms with Crippen LogP contribution in [-0.4, -0.2) is 8.42 Å². The minimum Gasteiger partial charge on any atom is -0.218 e. The van der Waals surface area contributed by atoms with Crippen molar-refractivity contribution in [3.05, 3.63) is 116 Å². The number of aryl methyl sites for hydroxylation is 1. The Balaban J connectivity index is 2.44. The van der Waals surface area contributed by atoms with Crippen molar-refractivity contribution in [1.82, 2.24) is 0 Å². The maximum Gasteiger partial charge on any atom is 0.207 e. The van der Waals surface area contributed by atoms with E-state index in [1.165, 1.54) is 36.4 Å². The van der Waals surface area contributed by atoms with Crippen molar-refractivity contribution < 1.29 is 12.8 Å². The van der Waals surface area contributed by atoms with Gasteiger partial charge in [0, 0.05) is 20.6 Å². The number of halogens is 4. The standard InChI is InChI=1S/C24H18Cl3FO2S/c1-3-15-11-20(28)8-9-22(15)24(16-6-5-7-17(25)10-16)23(4-2)31(29,30)21-13-18(26)12-19(27)14-21/h4-14H,2-3H2,1H3/b24-23+. The van der Waals surface area contributed by atoms with Gasteiger partial charge in [-0.15, -0.1) is 0 Å². The fourth-order valence-electron chi connectivity index (χ4n) is 3.33. The summed E-state index contributed by atoms with van der Waals surface area (Å²) in [7, 11) is -4.08. The first-order valence-corrected chi connectivity index (χ1v) is 11.9. The van der Waals surface area contributed by atoms with Gasteiger partial charge in [-0.1, -0.05) is 66.5 Å². The molecule has 0 atom stereocenters. The van der Waals surface area contributed by atoms with E-state index >= 15 is 0 Å². The Morgan fingerprint density at radius 2 is 1.65 bits per heavy atom. The van der Waals surface area contributed by atoms with Crippen molar-refractivity contribution >= 4 is 50.2 Å². The first-order chi connectivity index (χ1) is 14.7. The third-order valence-corrected chi connectivity index (χ3v) is 7.18. The molecule has 7 heteroatoms. The molecule has 3 aromatic carbocycles. The third kappa shape index (κ3) is 5.04. The maximum atomic E-state index is 13.9. The molecule has 3 rings (SSSR count). The summed E-state index contributed by atoms with van der Waals surface area (Å²) in [5.74, 6) is -0.407. The predicted molar refractivity (Wildman–Crippen MR) is 127 cm³/mol. The van der Waals surface area contributed by atoms with E-state index in [1.54, 1.807) is 30.3 Å². The fourth-order valence-corrected chi connectivity index (χ4v) is 5.71. The lowest BCUT2D eigenvalue weighted by Crippen LogP contribution is -2.08. The molecule has 0 unspecified atom stereocenters. The van der Waals surface area contributed by atoms with E-state index in [-0.39, 0.29) is 19.8 Å². The van der Waals surface area contributed by atoms with Crippen LogP contribution >= 0.6 is 34.8 Å². The van der Waals surface area contributed by atoms with E-state index in [0.29, 0.717) is 33.7 Å². The van der Waals surface area contributed by atoms with Crippen LogP contribution in [-0.2, 0) is 16.3 Å². The zero-order valence-corrected chi connectivity index (χ0v) is 19.6. The zero-order chi connectivity index (χ0) is 22.8. The fraction of sp³-hybridized carbons (Fsp3) is 0.0833. The van der Waals surface area contributed by atoms with E-state index in [2.05, 4.69) is 6.58 Å². The minimum atomic E-state index is -4.08. The van der Waals surface area contributed by atoms with Gasteiger partial charge in [-0.2, -0.15) is 0 Å². The molecule has 0 heterocycles. The summed E-state index contributed by atoms with van der Waals surface area (Å²) in [6.07, 6.45) is 1.76. The van der Waals surface area contributed by atoms with Gasteiger partial charge in [-0.25, -0.2) is 12.8 Å². The van der Waals surface area contributed by atoms with Gasteiger partial charge in [-0.3, -0.25) is 0 Å². The molecular formula is C24H18Cl3FO2S. The lowest BCUT2D eigenvalue weighted by molar-refractivity contribution is 0.603. The Morgan fingerprint density at radius 1 is 0.968 bits per heavy atom. The van der Waals surface area contributed by atoms with Crippen LogP contribution in [0.5, 0.6) is 0 Å². The number of hydrogen-bond acceptors (Lipinski definition) is 2. The highest BCUT2D eigenvalue weighted by Gasteiger charge is 2.26. The molecule has 0 spiro atoms. The van der Waals surface area contributed by atoms with Crippen LogP contribution in [0.15, 0.2) is 83.1 Å². The molecule has 0 aliphatic carbocycles. The van der Waals surface area contributed by atoms with E-state index in [9.17, 15) is 12.8 Å². The average molecular weight is 496 g/mol. The van der Waals surface area contributed by atoms with Gasteiger partial charge in [0.2, 0.25) is 9.84 Å². The van der Waals surface area contributed by atoms with E-state index in [0.717, 1.165) is 0 Å². The quantitative estimate of drug-likeness (QED) is 0.327. The van der Waals surface area contributed by atoms with Crippen molar-refractivity contribution in [3.8, 4) is 0 Å². The van der Waals surface area contributed by atoms with Crippen molar-refractivity contribution in [3.63, 3.8) is 0 Å². The molecule has 160 valence electrons. The lowest BCUT2D eigenvalue weighted by Gasteiger charge is -2.18. The van der Waals surface area contributed by atoms with Gasteiger partial charge in [0.25, 0.3) is 0 Å². The first-order valence-electron chi connectivity index (χ1n) is 9.30. The largest absolute Gasteiger partial charge is 0.218 e. The van der Waals surface area contributed by atoms with E-state index in [4.69, 9.17) is 34.8 Å². The van der Waals surface area contributed by atoms with Gasteiger partial charge >= 0.3 is 0 Å². The first kappa shape index (κ1) is 23.6. The predicted octanol–water partition coefficient (Wildman–Crippen LogP) is 7.77. The summed E-state index contributed by atoms with van der Waals surface area (Å²) in [4.78, 5) is -0.131. The van der Waals surface area contributed by atoms with Crippen molar-refractivity contribution in [1.29, 1.82) is 0 Å². The molecule has 0 saturated heterocycles. The van der Waals surface area contributed by atoms with Crippen LogP contribution in [0.3, 0.4) is 0 Å². The summed E-state index contributed by atoms with van der Waals surface area (Å²) in [6.45, 7) is 5.62. The number of rotatable bonds is 6. The normalized spacial score (nSPS) is 12.4. The minimum absolute atomic E-state index is 0.0607. The highest BCUT2D eigenvalue weighted by atomic mass is 35.5. The molecule has 0 aliphatic heterocycles. The summed E-state index contributed by atoms with van der Waals surface area (Å²) in [6, 6.07) is 15.2. The number of allylic oxidation sites excluding steroid dienone is 1. The molecule has 0 fully saturated rings. The Labute approximate surface area is 196 Å². The second kappa shape index (κ2) is 9.58. The molecule has 2 nitrogen and oxygen atoms in total. The number of sulfone groups is 1. The summed E-state index contributed by atoms with van der Waals surface area (Å²) < 4.78 is 41.2. The summed E-state index contributed by atoms with van der Waals surface area (Å²) in [5.41, 5.74) is 2.14. The Hall–Kier alpha value is -2.11. The molecule has 0 aliphatic rings. The van der Waals surface area contributed by atoms with Gasteiger partial charge in [-0.05, 0) is 71.7 Å². The highest BCUT2D eigenvalue weighted by Crippen LogP contribution is 2.37. The molecule has 0 N–H and O–H groups in total. The second-order valence-electron chi connectivity index (χ2n) is 6.72. The monoisotopic (exact) mass is 494 g/mol. The van der Waals surface area contributed by atoms with Crippen molar-refractivity contribution in [2.75, 3.05) is 0 Å². The van der Waals surface area contributed by atoms with Gasteiger partial charge in [0.15, 0.2) is 0 Å². The topological polar surface area (TPSA) is 34.1 Å². The van der Waals surface area contributed by atoms with E-state index < -0.39 is 15.7 Å². The maximum absolute atomic E-state index is 13.9. The molecular weight excluding hydrogens is 478 g/mol. The summed E-state index contributed by atoms with van der Waals surface area (Å²) in [5, 5.41) is 0.811. The molecule has 0 aromatic heterocycles. The Bertz CT molecular complexity index is 1280. The molecule has 3 aromatic rings. The number of benzene rings is 3. The molecule has 0 radical (unpaired) electrons. The molecule has 0 saturated carbocycles. The number of hydrogen-bond donors (Lipinski definition) is 0. The SMILES string of the molecule is C=C/C(=C(/c1cccc(Cl)c1)c1ccc(F)cc1CC)S(=O)(=O)c1cc(Cl)cc(Cl)c1. The molecule has 31 heavy (non-hydrogen) atoms. The van der Waals surface area contributed by atoms with E-state index in [1.807, 2.05) is 6.92 Å². The van der Waals surface area contributed by atoms with Crippen LogP contribution in [0, 0.1) is 5.82 Å².